The fraction of sp³-hybridized carbons (Fsp3) is 0.0500. The summed E-state index contributed by atoms with van der Waals surface area (Å²) in [4.78, 5) is 11.2. The number of methoxy groups -OCH3 is 1. The number of aromatic nitrogens is 2. The SMILES string of the molecule is COC(=O)NN=Cc1cn(-c2ccccc2)nc1-c1cc2ccccc2o1. The van der Waals surface area contributed by atoms with Gasteiger partial charge in [-0.3, -0.25) is 0 Å². The van der Waals surface area contributed by atoms with Crippen molar-refractivity contribution in [2.45, 2.75) is 0 Å². The summed E-state index contributed by atoms with van der Waals surface area (Å²) < 4.78 is 12.2. The number of hydrogen-bond donors (Lipinski definition) is 1. The third-order valence-electron chi connectivity index (χ3n) is 3.97. The number of nitrogens with one attached hydrogen (secondary N) is 1. The van der Waals surface area contributed by atoms with Crippen LogP contribution in [0.25, 0.3) is 28.1 Å². The number of ether oxygens (including phenoxy) is 1. The molecule has 0 aliphatic rings. The summed E-state index contributed by atoms with van der Waals surface area (Å²) in [6, 6.07) is 19.4. The minimum absolute atomic E-state index is 0.616. The number of benzene rings is 2. The molecule has 2 heterocycles. The molecule has 0 atom stereocenters. The van der Waals surface area contributed by atoms with Gasteiger partial charge >= 0.3 is 6.09 Å². The van der Waals surface area contributed by atoms with Crippen LogP contribution in [0, 0.1) is 0 Å². The van der Waals surface area contributed by atoms with Gasteiger partial charge in [0.15, 0.2) is 5.76 Å². The van der Waals surface area contributed by atoms with Crippen molar-refractivity contribution in [3.8, 4) is 17.1 Å². The Hall–Kier alpha value is -3.87. The number of carbonyl (C=O) groups is 1. The quantitative estimate of drug-likeness (QED) is 0.441. The molecule has 0 spiro atoms. The van der Waals surface area contributed by atoms with Crippen LogP contribution in [-0.2, 0) is 4.74 Å². The molecule has 0 saturated carbocycles. The van der Waals surface area contributed by atoms with Crippen molar-refractivity contribution >= 4 is 23.3 Å². The molecule has 27 heavy (non-hydrogen) atoms. The van der Waals surface area contributed by atoms with E-state index in [1.165, 1.54) is 13.3 Å². The van der Waals surface area contributed by atoms with Crippen LogP contribution in [0.5, 0.6) is 0 Å². The number of hydrazone groups is 1. The predicted octanol–water partition coefficient (Wildman–Crippen LogP) is 3.98. The van der Waals surface area contributed by atoms with Gasteiger partial charge in [0.25, 0.3) is 0 Å². The molecule has 0 bridgehead atoms. The lowest BCUT2D eigenvalue weighted by Crippen LogP contribution is -2.16. The number of para-hydroxylation sites is 2. The number of fused-ring (bicyclic) bond motifs is 1. The summed E-state index contributed by atoms with van der Waals surface area (Å²) in [6.07, 6.45) is 2.68. The Morgan fingerprint density at radius 1 is 1.19 bits per heavy atom. The molecule has 0 saturated heterocycles. The Morgan fingerprint density at radius 2 is 1.96 bits per heavy atom. The highest BCUT2D eigenvalue weighted by Gasteiger charge is 2.15. The summed E-state index contributed by atoms with van der Waals surface area (Å²) in [7, 11) is 1.28. The standard InChI is InChI=1S/C20H16N4O3/c1-26-20(25)22-21-12-15-13-24(16-8-3-2-4-9-16)23-19(15)18-11-14-7-5-6-10-17(14)27-18/h2-13H,1H3,(H,22,25). The van der Waals surface area contributed by atoms with E-state index in [-0.39, 0.29) is 0 Å². The average molecular weight is 360 g/mol. The highest BCUT2D eigenvalue weighted by molar-refractivity contribution is 5.91. The first-order valence-electron chi connectivity index (χ1n) is 8.25. The molecule has 1 amide bonds. The first-order chi connectivity index (χ1) is 13.2. The van der Waals surface area contributed by atoms with Gasteiger partial charge in [0.2, 0.25) is 0 Å². The summed E-state index contributed by atoms with van der Waals surface area (Å²) in [6.45, 7) is 0. The Kier molecular flexibility index (Phi) is 4.40. The normalized spacial score (nSPS) is 11.1. The number of nitrogens with zero attached hydrogens (tertiary/aromatic N) is 3. The maximum atomic E-state index is 11.2. The average Bonchev–Trinajstić information content (AvgIpc) is 3.32. The van der Waals surface area contributed by atoms with E-state index < -0.39 is 6.09 Å². The van der Waals surface area contributed by atoms with Crippen LogP contribution >= 0.6 is 0 Å². The Balaban J connectivity index is 1.78. The molecule has 2 aromatic heterocycles. The van der Waals surface area contributed by atoms with Gasteiger partial charge in [0.05, 0.1) is 19.0 Å². The van der Waals surface area contributed by atoms with Gasteiger partial charge in [-0.15, -0.1) is 0 Å². The first kappa shape index (κ1) is 16.6. The van der Waals surface area contributed by atoms with Crippen molar-refractivity contribution in [1.29, 1.82) is 0 Å². The third-order valence-corrected chi connectivity index (χ3v) is 3.97. The zero-order chi connectivity index (χ0) is 18.6. The maximum Gasteiger partial charge on any atom is 0.427 e. The van der Waals surface area contributed by atoms with Gasteiger partial charge in [-0.05, 0) is 24.3 Å². The van der Waals surface area contributed by atoms with E-state index in [1.54, 1.807) is 4.68 Å². The van der Waals surface area contributed by atoms with Crippen molar-refractivity contribution in [2.24, 2.45) is 5.10 Å². The van der Waals surface area contributed by atoms with Crippen LogP contribution in [0.4, 0.5) is 4.79 Å². The van der Waals surface area contributed by atoms with Gasteiger partial charge in [-0.2, -0.15) is 10.2 Å². The molecular formula is C20H16N4O3. The molecule has 1 N–H and O–H groups in total. The highest BCUT2D eigenvalue weighted by Crippen LogP contribution is 2.29. The number of amides is 1. The zero-order valence-electron chi connectivity index (χ0n) is 14.5. The van der Waals surface area contributed by atoms with Gasteiger partial charge in [-0.25, -0.2) is 14.9 Å². The Morgan fingerprint density at radius 3 is 2.74 bits per heavy atom. The maximum absolute atomic E-state index is 11.2. The van der Waals surface area contributed by atoms with E-state index in [9.17, 15) is 4.79 Å². The molecule has 7 heteroatoms. The van der Waals surface area contributed by atoms with E-state index in [2.05, 4.69) is 20.4 Å². The van der Waals surface area contributed by atoms with Crippen molar-refractivity contribution in [3.63, 3.8) is 0 Å². The van der Waals surface area contributed by atoms with Crippen LogP contribution in [0.3, 0.4) is 0 Å². The molecule has 2 aromatic carbocycles. The van der Waals surface area contributed by atoms with Gasteiger partial charge in [-0.1, -0.05) is 36.4 Å². The fourth-order valence-electron chi connectivity index (χ4n) is 2.68. The van der Waals surface area contributed by atoms with Gasteiger partial charge < -0.3 is 9.15 Å². The molecule has 0 aliphatic heterocycles. The van der Waals surface area contributed by atoms with Gasteiger partial charge in [0.1, 0.15) is 11.3 Å². The van der Waals surface area contributed by atoms with Crippen LogP contribution in [0.15, 0.2) is 76.4 Å². The summed E-state index contributed by atoms with van der Waals surface area (Å²) in [5.41, 5.74) is 5.25. The minimum Gasteiger partial charge on any atom is -0.454 e. The number of carbonyl (C=O) groups excluding carboxylic acids is 1. The fourth-order valence-corrected chi connectivity index (χ4v) is 2.68. The Bertz CT molecular complexity index is 1080. The van der Waals surface area contributed by atoms with E-state index >= 15 is 0 Å². The van der Waals surface area contributed by atoms with E-state index in [0.29, 0.717) is 17.0 Å². The summed E-state index contributed by atoms with van der Waals surface area (Å²) >= 11 is 0. The lowest BCUT2D eigenvalue weighted by Gasteiger charge is -1.98. The molecule has 134 valence electrons. The molecule has 0 aliphatic carbocycles. The number of furan rings is 1. The van der Waals surface area contributed by atoms with Crippen molar-refractivity contribution in [2.75, 3.05) is 7.11 Å². The summed E-state index contributed by atoms with van der Waals surface area (Å²) in [5, 5.41) is 9.55. The minimum atomic E-state index is -0.646. The van der Waals surface area contributed by atoms with E-state index in [0.717, 1.165) is 16.7 Å². The molecule has 0 fully saturated rings. The molecule has 0 radical (unpaired) electrons. The number of rotatable bonds is 4. The second-order valence-corrected chi connectivity index (χ2v) is 5.72. The van der Waals surface area contributed by atoms with Crippen LogP contribution < -0.4 is 5.43 Å². The predicted molar refractivity (Wildman–Crippen MR) is 102 cm³/mol. The molecule has 4 aromatic rings. The first-order valence-corrected chi connectivity index (χ1v) is 8.25. The van der Waals surface area contributed by atoms with Gasteiger partial charge in [0, 0.05) is 17.1 Å². The lowest BCUT2D eigenvalue weighted by molar-refractivity contribution is 0.171. The largest absolute Gasteiger partial charge is 0.454 e. The van der Waals surface area contributed by atoms with Crippen LogP contribution in [0.2, 0.25) is 0 Å². The topological polar surface area (TPSA) is 81.6 Å². The molecule has 0 unspecified atom stereocenters. The van der Waals surface area contributed by atoms with Crippen LogP contribution in [-0.4, -0.2) is 29.2 Å². The Labute approximate surface area is 154 Å². The smallest absolute Gasteiger partial charge is 0.427 e. The summed E-state index contributed by atoms with van der Waals surface area (Å²) in [5.74, 6) is 0.616. The third kappa shape index (κ3) is 3.43. The van der Waals surface area contributed by atoms with Crippen molar-refractivity contribution < 1.29 is 13.9 Å². The van der Waals surface area contributed by atoms with E-state index in [4.69, 9.17) is 4.42 Å². The molecular weight excluding hydrogens is 344 g/mol. The second-order valence-electron chi connectivity index (χ2n) is 5.72. The zero-order valence-corrected chi connectivity index (χ0v) is 14.5. The number of hydrogen-bond acceptors (Lipinski definition) is 5. The second kappa shape index (κ2) is 7.17. The van der Waals surface area contributed by atoms with E-state index in [1.807, 2.05) is 66.9 Å². The lowest BCUT2D eigenvalue weighted by atomic mass is 10.2. The van der Waals surface area contributed by atoms with Crippen molar-refractivity contribution in [1.82, 2.24) is 15.2 Å². The van der Waals surface area contributed by atoms with Crippen molar-refractivity contribution in [3.05, 3.63) is 72.4 Å². The molecule has 7 nitrogen and oxygen atoms in total. The highest BCUT2D eigenvalue weighted by atomic mass is 16.5. The molecule has 4 rings (SSSR count). The monoisotopic (exact) mass is 360 g/mol. The van der Waals surface area contributed by atoms with Crippen LogP contribution in [0.1, 0.15) is 5.56 Å².